The Morgan fingerprint density at radius 2 is 1.74 bits per heavy atom. The van der Waals surface area contributed by atoms with Crippen LogP contribution in [0.3, 0.4) is 0 Å². The van der Waals surface area contributed by atoms with Crippen LogP contribution in [0.1, 0.15) is 17.3 Å². The Bertz CT molecular complexity index is 683. The van der Waals surface area contributed by atoms with Crippen molar-refractivity contribution in [3.05, 3.63) is 54.1 Å². The maximum Gasteiger partial charge on any atom is 0.411 e. The first-order valence-corrected chi connectivity index (χ1v) is 7.11. The average Bonchev–Trinajstić information content (AvgIpc) is 2.56. The van der Waals surface area contributed by atoms with Crippen molar-refractivity contribution in [1.82, 2.24) is 0 Å². The number of benzene rings is 2. The van der Waals surface area contributed by atoms with Crippen molar-refractivity contribution < 1.29 is 19.1 Å². The molecule has 0 unspecified atom stereocenters. The number of methoxy groups -OCH3 is 1. The van der Waals surface area contributed by atoms with Crippen LogP contribution in [-0.4, -0.2) is 25.7 Å². The summed E-state index contributed by atoms with van der Waals surface area (Å²) < 4.78 is 9.87. The van der Waals surface area contributed by atoms with E-state index in [1.54, 1.807) is 62.6 Å². The molecule has 0 fully saturated rings. The SMILES string of the molecule is CCOC(=O)Nc1cccc(C(=O)Nc2ccc(OC)cc2)c1. The highest BCUT2D eigenvalue weighted by atomic mass is 16.5. The van der Waals surface area contributed by atoms with E-state index in [1.807, 2.05) is 0 Å². The lowest BCUT2D eigenvalue weighted by Gasteiger charge is -2.09. The average molecular weight is 314 g/mol. The van der Waals surface area contributed by atoms with Gasteiger partial charge in [0.15, 0.2) is 0 Å². The molecule has 0 saturated carbocycles. The van der Waals surface area contributed by atoms with Gasteiger partial charge in [0.1, 0.15) is 5.75 Å². The summed E-state index contributed by atoms with van der Waals surface area (Å²) in [5.41, 5.74) is 1.57. The molecule has 0 aliphatic rings. The zero-order valence-corrected chi connectivity index (χ0v) is 13.0. The predicted molar refractivity (Wildman–Crippen MR) is 88.0 cm³/mol. The molecule has 23 heavy (non-hydrogen) atoms. The van der Waals surface area contributed by atoms with Gasteiger partial charge < -0.3 is 14.8 Å². The number of hydrogen-bond acceptors (Lipinski definition) is 4. The van der Waals surface area contributed by atoms with Crippen molar-refractivity contribution in [3.8, 4) is 5.75 Å². The van der Waals surface area contributed by atoms with Crippen LogP contribution in [0.25, 0.3) is 0 Å². The summed E-state index contributed by atoms with van der Waals surface area (Å²) in [4.78, 5) is 23.6. The first kappa shape index (κ1) is 16.4. The number of nitrogens with one attached hydrogen (secondary N) is 2. The smallest absolute Gasteiger partial charge is 0.411 e. The number of ether oxygens (including phenoxy) is 2. The Labute approximate surface area is 134 Å². The third kappa shape index (κ3) is 4.74. The molecule has 0 bridgehead atoms. The first-order valence-electron chi connectivity index (χ1n) is 7.11. The monoisotopic (exact) mass is 314 g/mol. The minimum absolute atomic E-state index is 0.275. The number of amides is 2. The lowest BCUT2D eigenvalue weighted by Crippen LogP contribution is -2.15. The van der Waals surface area contributed by atoms with E-state index in [1.165, 1.54) is 0 Å². The fraction of sp³-hybridized carbons (Fsp3) is 0.176. The lowest BCUT2D eigenvalue weighted by atomic mass is 10.2. The standard InChI is InChI=1S/C17H18N2O4/c1-3-23-17(21)19-14-6-4-5-12(11-14)16(20)18-13-7-9-15(22-2)10-8-13/h4-11H,3H2,1-2H3,(H,18,20)(H,19,21). The van der Waals surface area contributed by atoms with Crippen molar-refractivity contribution in [1.29, 1.82) is 0 Å². The van der Waals surface area contributed by atoms with E-state index in [0.29, 0.717) is 22.7 Å². The van der Waals surface area contributed by atoms with Crippen LogP contribution in [0.15, 0.2) is 48.5 Å². The van der Waals surface area contributed by atoms with Gasteiger partial charge in [-0.1, -0.05) is 6.07 Å². The summed E-state index contributed by atoms with van der Waals surface area (Å²) in [7, 11) is 1.58. The second kappa shape index (κ2) is 7.84. The summed E-state index contributed by atoms with van der Waals surface area (Å²) in [6.45, 7) is 2.00. The van der Waals surface area contributed by atoms with Gasteiger partial charge in [0.2, 0.25) is 0 Å². The Hall–Kier alpha value is -3.02. The number of hydrogen-bond donors (Lipinski definition) is 2. The normalized spacial score (nSPS) is 9.83. The molecule has 120 valence electrons. The zero-order valence-electron chi connectivity index (χ0n) is 13.0. The molecule has 2 aromatic carbocycles. The first-order chi connectivity index (χ1) is 11.1. The van der Waals surface area contributed by atoms with Crippen LogP contribution in [-0.2, 0) is 4.74 Å². The van der Waals surface area contributed by atoms with Gasteiger partial charge in [0, 0.05) is 16.9 Å². The second-order valence-corrected chi connectivity index (χ2v) is 4.61. The molecule has 2 amide bonds. The van der Waals surface area contributed by atoms with Crippen molar-refractivity contribution in [2.24, 2.45) is 0 Å². The van der Waals surface area contributed by atoms with E-state index in [9.17, 15) is 9.59 Å². The van der Waals surface area contributed by atoms with Crippen LogP contribution in [0.5, 0.6) is 5.75 Å². The zero-order chi connectivity index (χ0) is 16.7. The molecule has 0 saturated heterocycles. The molecule has 0 aliphatic carbocycles. The highest BCUT2D eigenvalue weighted by molar-refractivity contribution is 6.05. The molecule has 6 heteroatoms. The summed E-state index contributed by atoms with van der Waals surface area (Å²) in [5.74, 6) is 0.436. The minimum Gasteiger partial charge on any atom is -0.497 e. The molecule has 2 aromatic rings. The Morgan fingerprint density at radius 3 is 2.39 bits per heavy atom. The maximum absolute atomic E-state index is 12.2. The van der Waals surface area contributed by atoms with Gasteiger partial charge in [-0.2, -0.15) is 0 Å². The topological polar surface area (TPSA) is 76.7 Å². The molecule has 6 nitrogen and oxygen atoms in total. The number of carbonyl (C=O) groups excluding carboxylic acids is 2. The molecule has 0 radical (unpaired) electrons. The molecule has 2 rings (SSSR count). The summed E-state index contributed by atoms with van der Waals surface area (Å²) >= 11 is 0. The summed E-state index contributed by atoms with van der Waals surface area (Å²) in [6.07, 6.45) is -0.555. The Morgan fingerprint density at radius 1 is 1.00 bits per heavy atom. The van der Waals surface area contributed by atoms with Gasteiger partial charge in [-0.25, -0.2) is 4.79 Å². The molecular formula is C17H18N2O4. The van der Waals surface area contributed by atoms with E-state index in [2.05, 4.69) is 10.6 Å². The molecule has 0 spiro atoms. The van der Waals surface area contributed by atoms with E-state index < -0.39 is 6.09 Å². The van der Waals surface area contributed by atoms with Crippen molar-refractivity contribution in [3.63, 3.8) is 0 Å². The fourth-order valence-electron chi connectivity index (χ4n) is 1.90. The van der Waals surface area contributed by atoms with Crippen LogP contribution in [0, 0.1) is 0 Å². The highest BCUT2D eigenvalue weighted by Gasteiger charge is 2.08. The lowest BCUT2D eigenvalue weighted by molar-refractivity contribution is 0.102. The molecule has 0 heterocycles. The van der Waals surface area contributed by atoms with Gasteiger partial charge in [-0.05, 0) is 49.4 Å². The molecular weight excluding hydrogens is 296 g/mol. The third-order valence-corrected chi connectivity index (χ3v) is 2.99. The summed E-state index contributed by atoms with van der Waals surface area (Å²) in [6, 6.07) is 13.6. The van der Waals surface area contributed by atoms with Crippen LogP contribution >= 0.6 is 0 Å². The van der Waals surface area contributed by atoms with Gasteiger partial charge >= 0.3 is 6.09 Å². The van der Waals surface area contributed by atoms with E-state index >= 15 is 0 Å². The largest absolute Gasteiger partial charge is 0.497 e. The van der Waals surface area contributed by atoms with E-state index in [-0.39, 0.29) is 12.5 Å². The summed E-state index contributed by atoms with van der Waals surface area (Å²) in [5, 5.41) is 5.34. The van der Waals surface area contributed by atoms with Gasteiger partial charge in [0.25, 0.3) is 5.91 Å². The van der Waals surface area contributed by atoms with Crippen LogP contribution < -0.4 is 15.4 Å². The second-order valence-electron chi connectivity index (χ2n) is 4.61. The number of rotatable bonds is 5. The Kier molecular flexibility index (Phi) is 5.57. The fourth-order valence-corrected chi connectivity index (χ4v) is 1.90. The predicted octanol–water partition coefficient (Wildman–Crippen LogP) is 3.52. The van der Waals surface area contributed by atoms with Crippen LogP contribution in [0.2, 0.25) is 0 Å². The highest BCUT2D eigenvalue weighted by Crippen LogP contribution is 2.17. The molecule has 2 N–H and O–H groups in total. The van der Waals surface area contributed by atoms with Crippen LogP contribution in [0.4, 0.5) is 16.2 Å². The molecule has 0 aliphatic heterocycles. The van der Waals surface area contributed by atoms with E-state index in [4.69, 9.17) is 9.47 Å². The molecule has 0 atom stereocenters. The van der Waals surface area contributed by atoms with E-state index in [0.717, 1.165) is 0 Å². The van der Waals surface area contributed by atoms with Crippen molar-refractivity contribution in [2.45, 2.75) is 6.92 Å². The van der Waals surface area contributed by atoms with Crippen molar-refractivity contribution >= 4 is 23.4 Å². The quantitative estimate of drug-likeness (QED) is 0.885. The number of anilines is 2. The minimum atomic E-state index is -0.555. The number of carbonyl (C=O) groups is 2. The van der Waals surface area contributed by atoms with Crippen molar-refractivity contribution in [2.75, 3.05) is 24.4 Å². The molecule has 0 aromatic heterocycles. The van der Waals surface area contributed by atoms with Gasteiger partial charge in [-0.15, -0.1) is 0 Å². The van der Waals surface area contributed by atoms with Gasteiger partial charge in [-0.3, -0.25) is 10.1 Å². The maximum atomic E-state index is 12.2. The Balaban J connectivity index is 2.05. The third-order valence-electron chi connectivity index (χ3n) is 2.99. The van der Waals surface area contributed by atoms with Gasteiger partial charge in [0.05, 0.1) is 13.7 Å².